The number of methoxy groups -OCH3 is 2. The summed E-state index contributed by atoms with van der Waals surface area (Å²) >= 11 is 1.14. The van der Waals surface area contributed by atoms with E-state index in [9.17, 15) is 4.79 Å². The Hall–Kier alpha value is -2.75. The number of thioether (sulfide) groups is 1. The highest BCUT2D eigenvalue weighted by Gasteiger charge is 2.08. The predicted octanol–water partition coefficient (Wildman–Crippen LogP) is 1.24. The van der Waals surface area contributed by atoms with Gasteiger partial charge in [0.05, 0.1) is 25.7 Å². The zero-order chi connectivity index (χ0) is 17.5. The molecular formula is C14H18N6O3S. The van der Waals surface area contributed by atoms with Crippen LogP contribution in [0, 0.1) is 0 Å². The number of hydrogen-bond donors (Lipinski definition) is 3. The Morgan fingerprint density at radius 2 is 2.12 bits per heavy atom. The highest BCUT2D eigenvalue weighted by molar-refractivity contribution is 7.99. The first-order valence-electron chi connectivity index (χ1n) is 6.89. The van der Waals surface area contributed by atoms with Crippen LogP contribution in [0.4, 0.5) is 5.95 Å². The van der Waals surface area contributed by atoms with Crippen molar-refractivity contribution in [3.8, 4) is 11.5 Å². The maximum Gasteiger partial charge on any atom is 0.240 e. The van der Waals surface area contributed by atoms with Gasteiger partial charge in [-0.25, -0.2) is 10.5 Å². The lowest BCUT2D eigenvalue weighted by atomic mass is 10.1. The van der Waals surface area contributed by atoms with Gasteiger partial charge in [-0.1, -0.05) is 11.8 Å². The van der Waals surface area contributed by atoms with E-state index in [4.69, 9.17) is 15.2 Å². The standard InChI is InChI=1S/C14H18N6O3S/c1-8(9-4-5-10(22-2)11(6-9)23-3)17-18-13-16-14(20-19-13)24-7-12(15)21/h4-6H,7H2,1-3H3,(H2,15,21)(H2,16,18,19,20)/b17-8+. The third-order valence-corrected chi connectivity index (χ3v) is 3.81. The number of primary amides is 1. The van der Waals surface area contributed by atoms with Crippen LogP contribution in [0.2, 0.25) is 0 Å². The largest absolute Gasteiger partial charge is 0.493 e. The monoisotopic (exact) mass is 350 g/mol. The lowest BCUT2D eigenvalue weighted by molar-refractivity contribution is -0.115. The number of anilines is 1. The third-order valence-electron chi connectivity index (χ3n) is 2.94. The maximum absolute atomic E-state index is 10.7. The molecule has 0 aliphatic carbocycles. The second-order valence-corrected chi connectivity index (χ2v) is 5.54. The molecule has 1 aromatic carbocycles. The van der Waals surface area contributed by atoms with Crippen LogP contribution in [-0.4, -0.2) is 46.8 Å². The highest BCUT2D eigenvalue weighted by Crippen LogP contribution is 2.27. The Balaban J connectivity index is 2.05. The number of carbonyl (C=O) groups excluding carboxylic acids is 1. The van der Waals surface area contributed by atoms with E-state index < -0.39 is 5.91 Å². The Morgan fingerprint density at radius 3 is 2.79 bits per heavy atom. The predicted molar refractivity (Wildman–Crippen MR) is 91.7 cm³/mol. The van der Waals surface area contributed by atoms with Gasteiger partial charge in [-0.3, -0.25) is 4.79 Å². The molecule has 0 saturated heterocycles. The summed E-state index contributed by atoms with van der Waals surface area (Å²) in [7, 11) is 3.16. The molecule has 0 spiro atoms. The molecule has 0 bridgehead atoms. The topological polar surface area (TPSA) is 128 Å². The van der Waals surface area contributed by atoms with Crippen molar-refractivity contribution in [1.29, 1.82) is 0 Å². The molecule has 24 heavy (non-hydrogen) atoms. The van der Waals surface area contributed by atoms with Crippen LogP contribution in [0.15, 0.2) is 28.5 Å². The molecule has 10 heteroatoms. The first-order chi connectivity index (χ1) is 11.5. The van der Waals surface area contributed by atoms with Crippen molar-refractivity contribution < 1.29 is 14.3 Å². The van der Waals surface area contributed by atoms with Crippen LogP contribution in [0.3, 0.4) is 0 Å². The minimum absolute atomic E-state index is 0.116. The van der Waals surface area contributed by atoms with E-state index in [1.165, 1.54) is 0 Å². The summed E-state index contributed by atoms with van der Waals surface area (Å²) in [5, 5.41) is 11.3. The number of nitrogens with two attached hydrogens (primary N) is 1. The number of benzene rings is 1. The second kappa shape index (κ2) is 8.20. The smallest absolute Gasteiger partial charge is 0.240 e. The maximum atomic E-state index is 10.7. The number of H-pyrrole nitrogens is 1. The van der Waals surface area contributed by atoms with Gasteiger partial charge in [0.1, 0.15) is 0 Å². The van der Waals surface area contributed by atoms with Crippen LogP contribution in [0.5, 0.6) is 11.5 Å². The first kappa shape index (κ1) is 17.6. The van der Waals surface area contributed by atoms with Gasteiger partial charge >= 0.3 is 0 Å². The van der Waals surface area contributed by atoms with Crippen LogP contribution in [-0.2, 0) is 4.79 Å². The minimum atomic E-state index is -0.429. The van der Waals surface area contributed by atoms with Crippen LogP contribution in [0.25, 0.3) is 0 Å². The number of aromatic amines is 1. The molecule has 9 nitrogen and oxygen atoms in total. The molecule has 0 aliphatic heterocycles. The van der Waals surface area contributed by atoms with E-state index in [0.29, 0.717) is 22.6 Å². The van der Waals surface area contributed by atoms with Gasteiger partial charge in [0.25, 0.3) is 0 Å². The molecule has 1 aromatic heterocycles. The zero-order valence-corrected chi connectivity index (χ0v) is 14.3. The van der Waals surface area contributed by atoms with Crippen molar-refractivity contribution in [1.82, 2.24) is 15.2 Å². The Bertz CT molecular complexity index is 746. The summed E-state index contributed by atoms with van der Waals surface area (Å²) in [4.78, 5) is 14.9. The SMILES string of the molecule is COc1ccc(/C(C)=N/Nc2nc(SCC(N)=O)n[nH]2)cc1OC. The molecule has 0 unspecified atom stereocenters. The third kappa shape index (κ3) is 4.62. The highest BCUT2D eigenvalue weighted by atomic mass is 32.2. The number of ether oxygens (including phenoxy) is 2. The summed E-state index contributed by atoms with van der Waals surface area (Å²) in [6.45, 7) is 1.84. The quantitative estimate of drug-likeness (QED) is 0.371. The van der Waals surface area contributed by atoms with Gasteiger partial charge in [0.2, 0.25) is 17.0 Å². The summed E-state index contributed by atoms with van der Waals surface area (Å²) in [5.74, 6) is 1.32. The van der Waals surface area contributed by atoms with Crippen molar-refractivity contribution in [2.75, 3.05) is 25.4 Å². The van der Waals surface area contributed by atoms with Gasteiger partial charge in [0, 0.05) is 5.56 Å². The number of aromatic nitrogens is 3. The lowest BCUT2D eigenvalue weighted by Gasteiger charge is -2.09. The molecule has 0 aliphatic rings. The Labute approximate surface area is 143 Å². The average Bonchev–Trinajstić information content (AvgIpc) is 3.05. The summed E-state index contributed by atoms with van der Waals surface area (Å²) in [6, 6.07) is 5.50. The van der Waals surface area contributed by atoms with E-state index in [1.54, 1.807) is 20.3 Å². The molecule has 0 atom stereocenters. The van der Waals surface area contributed by atoms with Crippen LogP contribution in [0.1, 0.15) is 12.5 Å². The zero-order valence-electron chi connectivity index (χ0n) is 13.5. The van der Waals surface area contributed by atoms with Crippen molar-refractivity contribution >= 4 is 29.3 Å². The van der Waals surface area contributed by atoms with Crippen molar-refractivity contribution in [3.63, 3.8) is 0 Å². The van der Waals surface area contributed by atoms with Gasteiger partial charge in [-0.05, 0) is 25.1 Å². The first-order valence-corrected chi connectivity index (χ1v) is 7.88. The van der Waals surface area contributed by atoms with Gasteiger partial charge in [-0.2, -0.15) is 10.1 Å². The Morgan fingerprint density at radius 1 is 1.38 bits per heavy atom. The fourth-order valence-corrected chi connectivity index (χ4v) is 2.30. The number of hydrogen-bond acceptors (Lipinski definition) is 8. The normalized spacial score (nSPS) is 11.2. The van der Waals surface area contributed by atoms with E-state index in [-0.39, 0.29) is 5.75 Å². The number of nitrogens with one attached hydrogen (secondary N) is 2. The van der Waals surface area contributed by atoms with Crippen molar-refractivity contribution in [2.45, 2.75) is 12.1 Å². The number of amides is 1. The second-order valence-electron chi connectivity index (χ2n) is 4.60. The molecule has 128 valence electrons. The number of nitrogens with zero attached hydrogens (tertiary/aromatic N) is 3. The number of rotatable bonds is 8. The van der Waals surface area contributed by atoms with Crippen LogP contribution < -0.4 is 20.6 Å². The van der Waals surface area contributed by atoms with E-state index >= 15 is 0 Å². The molecule has 1 heterocycles. The summed E-state index contributed by atoms with van der Waals surface area (Å²) < 4.78 is 10.5. The molecule has 2 aromatic rings. The molecule has 4 N–H and O–H groups in total. The van der Waals surface area contributed by atoms with Gasteiger partial charge in [0.15, 0.2) is 11.5 Å². The molecular weight excluding hydrogens is 332 g/mol. The van der Waals surface area contributed by atoms with Crippen molar-refractivity contribution in [3.05, 3.63) is 23.8 Å². The summed E-state index contributed by atoms with van der Waals surface area (Å²) in [6.07, 6.45) is 0. The van der Waals surface area contributed by atoms with E-state index in [1.807, 2.05) is 19.1 Å². The Kier molecular flexibility index (Phi) is 6.01. The molecule has 0 saturated carbocycles. The van der Waals surface area contributed by atoms with E-state index in [2.05, 4.69) is 25.7 Å². The molecule has 0 radical (unpaired) electrons. The molecule has 1 amide bonds. The fourth-order valence-electron chi connectivity index (χ4n) is 1.76. The average molecular weight is 350 g/mol. The number of hydrazone groups is 1. The molecule has 2 rings (SSSR count). The summed E-state index contributed by atoms with van der Waals surface area (Å²) in [5.41, 5.74) is 9.43. The lowest BCUT2D eigenvalue weighted by Crippen LogP contribution is -2.13. The van der Waals surface area contributed by atoms with Gasteiger partial charge in [-0.15, -0.1) is 5.10 Å². The minimum Gasteiger partial charge on any atom is -0.493 e. The molecule has 0 fully saturated rings. The fraction of sp³-hybridized carbons (Fsp3) is 0.286. The van der Waals surface area contributed by atoms with E-state index in [0.717, 1.165) is 23.0 Å². The number of carbonyl (C=O) groups is 1. The van der Waals surface area contributed by atoms with Gasteiger partial charge < -0.3 is 15.2 Å². The van der Waals surface area contributed by atoms with Crippen LogP contribution >= 0.6 is 11.8 Å². The van der Waals surface area contributed by atoms with Crippen molar-refractivity contribution in [2.24, 2.45) is 10.8 Å².